The monoisotopic (exact) mass is 493 g/mol. The van der Waals surface area contributed by atoms with Gasteiger partial charge >= 0.3 is 11.9 Å². The van der Waals surface area contributed by atoms with E-state index in [1.165, 1.54) is 11.3 Å². The van der Waals surface area contributed by atoms with E-state index in [1.54, 1.807) is 13.8 Å². The molecular formula is C28H31NO5S. The standard InChI is InChI=1S/C28H31NO5S/c1-4-11-19-25(28(32)34-6-3)22(17-12-8-7-9-13-17)24-20(29-19)16-18(21-14-10-15-35-21)23(26(24)30)27(31)33-5-2/h7-10,12-15,18,22-23,29H,4-6,11,16H2,1-3H3/t18-,22+,23+/m0/s1. The van der Waals surface area contributed by atoms with Crippen molar-refractivity contribution < 1.29 is 23.9 Å². The number of carbonyl (C=O) groups excluding carboxylic acids is 3. The minimum Gasteiger partial charge on any atom is -0.465 e. The maximum absolute atomic E-state index is 14.2. The molecule has 1 N–H and O–H groups in total. The van der Waals surface area contributed by atoms with Crippen LogP contribution in [0.4, 0.5) is 0 Å². The highest BCUT2D eigenvalue weighted by molar-refractivity contribution is 7.10. The van der Waals surface area contributed by atoms with E-state index in [1.807, 2.05) is 47.8 Å². The second-order valence-corrected chi connectivity index (χ2v) is 9.62. The number of rotatable bonds is 8. The maximum Gasteiger partial charge on any atom is 0.336 e. The third-order valence-corrected chi connectivity index (χ3v) is 7.49. The normalized spacial score (nSPS) is 21.9. The number of esters is 2. The van der Waals surface area contributed by atoms with Gasteiger partial charge in [-0.3, -0.25) is 9.59 Å². The highest BCUT2D eigenvalue weighted by Gasteiger charge is 2.49. The number of ether oxygens (including phenoxy) is 2. The Morgan fingerprint density at radius 2 is 1.77 bits per heavy atom. The van der Waals surface area contributed by atoms with E-state index < -0.39 is 23.8 Å². The van der Waals surface area contributed by atoms with Crippen molar-refractivity contribution >= 4 is 29.1 Å². The summed E-state index contributed by atoms with van der Waals surface area (Å²) in [5.74, 6) is -3.14. The average Bonchev–Trinajstić information content (AvgIpc) is 3.39. The van der Waals surface area contributed by atoms with Crippen molar-refractivity contribution in [3.8, 4) is 0 Å². The van der Waals surface area contributed by atoms with Crippen molar-refractivity contribution in [2.75, 3.05) is 13.2 Å². The van der Waals surface area contributed by atoms with Crippen molar-refractivity contribution in [1.82, 2.24) is 5.32 Å². The summed E-state index contributed by atoms with van der Waals surface area (Å²) in [6.07, 6.45) is 1.95. The summed E-state index contributed by atoms with van der Waals surface area (Å²) < 4.78 is 10.8. The molecule has 0 unspecified atom stereocenters. The fourth-order valence-electron chi connectivity index (χ4n) is 5.10. The van der Waals surface area contributed by atoms with Crippen LogP contribution in [-0.4, -0.2) is 30.9 Å². The van der Waals surface area contributed by atoms with Gasteiger partial charge in [-0.1, -0.05) is 49.7 Å². The Labute approximate surface area is 210 Å². The van der Waals surface area contributed by atoms with Crippen molar-refractivity contribution in [2.24, 2.45) is 5.92 Å². The maximum atomic E-state index is 14.2. The van der Waals surface area contributed by atoms with Crippen molar-refractivity contribution in [3.63, 3.8) is 0 Å². The van der Waals surface area contributed by atoms with Crippen LogP contribution in [0.1, 0.15) is 62.3 Å². The highest BCUT2D eigenvalue weighted by atomic mass is 32.1. The molecule has 0 spiro atoms. The van der Waals surface area contributed by atoms with Crippen LogP contribution in [0.15, 0.2) is 70.4 Å². The average molecular weight is 494 g/mol. The Bertz CT molecular complexity index is 1150. The summed E-state index contributed by atoms with van der Waals surface area (Å²) in [6, 6.07) is 13.4. The lowest BCUT2D eigenvalue weighted by molar-refractivity contribution is -0.152. The molecule has 1 aromatic heterocycles. The Kier molecular flexibility index (Phi) is 7.86. The van der Waals surface area contributed by atoms with Crippen LogP contribution in [0.2, 0.25) is 0 Å². The molecule has 0 bridgehead atoms. The molecule has 0 radical (unpaired) electrons. The summed E-state index contributed by atoms with van der Waals surface area (Å²) in [6.45, 7) is 5.99. The quantitative estimate of drug-likeness (QED) is 0.400. The van der Waals surface area contributed by atoms with Gasteiger partial charge in [0, 0.05) is 33.7 Å². The van der Waals surface area contributed by atoms with E-state index in [9.17, 15) is 14.4 Å². The Balaban J connectivity index is 1.90. The highest BCUT2D eigenvalue weighted by Crippen LogP contribution is 2.49. The molecule has 35 heavy (non-hydrogen) atoms. The second-order valence-electron chi connectivity index (χ2n) is 8.64. The number of benzene rings is 1. The molecule has 0 saturated carbocycles. The van der Waals surface area contributed by atoms with Crippen LogP contribution < -0.4 is 5.32 Å². The molecule has 0 amide bonds. The lowest BCUT2D eigenvalue weighted by atomic mass is 9.68. The predicted octanol–water partition coefficient (Wildman–Crippen LogP) is 5.24. The van der Waals surface area contributed by atoms with Gasteiger partial charge in [-0.2, -0.15) is 0 Å². The summed E-state index contributed by atoms with van der Waals surface area (Å²) in [7, 11) is 0. The number of hydrogen-bond donors (Lipinski definition) is 1. The molecule has 6 nitrogen and oxygen atoms in total. The molecule has 1 aliphatic carbocycles. The van der Waals surface area contributed by atoms with E-state index in [0.717, 1.165) is 28.3 Å². The van der Waals surface area contributed by atoms with E-state index in [4.69, 9.17) is 9.47 Å². The summed E-state index contributed by atoms with van der Waals surface area (Å²) in [4.78, 5) is 41.6. The molecule has 2 heterocycles. The van der Waals surface area contributed by atoms with Crippen LogP contribution >= 0.6 is 11.3 Å². The minimum absolute atomic E-state index is 0.195. The molecule has 1 aliphatic heterocycles. The molecule has 2 aromatic rings. The predicted molar refractivity (Wildman–Crippen MR) is 135 cm³/mol. The fraction of sp³-hybridized carbons (Fsp3) is 0.393. The van der Waals surface area contributed by atoms with Gasteiger partial charge in [-0.15, -0.1) is 11.3 Å². The van der Waals surface area contributed by atoms with Crippen LogP contribution in [-0.2, 0) is 23.9 Å². The molecule has 0 saturated heterocycles. The zero-order valence-corrected chi connectivity index (χ0v) is 21.2. The summed E-state index contributed by atoms with van der Waals surface area (Å²) in [5, 5.41) is 5.40. The van der Waals surface area contributed by atoms with Gasteiger partial charge in [0.1, 0.15) is 5.92 Å². The van der Waals surface area contributed by atoms with E-state index >= 15 is 0 Å². The lowest BCUT2D eigenvalue weighted by Crippen LogP contribution is -2.43. The Morgan fingerprint density at radius 1 is 1.03 bits per heavy atom. The molecule has 3 atom stereocenters. The van der Waals surface area contributed by atoms with E-state index in [-0.39, 0.29) is 24.9 Å². The van der Waals surface area contributed by atoms with Crippen LogP contribution in [0.25, 0.3) is 0 Å². The molecule has 7 heteroatoms. The van der Waals surface area contributed by atoms with Gasteiger partial charge < -0.3 is 14.8 Å². The molecule has 4 rings (SSSR count). The summed E-state index contributed by atoms with van der Waals surface area (Å²) in [5.41, 5.74) is 3.29. The largest absolute Gasteiger partial charge is 0.465 e. The van der Waals surface area contributed by atoms with Crippen LogP contribution in [0.3, 0.4) is 0 Å². The topological polar surface area (TPSA) is 81.7 Å². The number of Topliss-reactive ketones (excluding diaryl/α,β-unsaturated/α-hetero) is 1. The number of thiophene rings is 1. The minimum atomic E-state index is -0.962. The Morgan fingerprint density at radius 3 is 2.40 bits per heavy atom. The smallest absolute Gasteiger partial charge is 0.336 e. The third-order valence-electron chi connectivity index (χ3n) is 6.48. The van der Waals surface area contributed by atoms with Crippen molar-refractivity contribution in [1.29, 1.82) is 0 Å². The first kappa shape index (κ1) is 24.9. The summed E-state index contributed by atoms with van der Waals surface area (Å²) >= 11 is 1.53. The van der Waals surface area contributed by atoms with Gasteiger partial charge in [0.25, 0.3) is 0 Å². The van der Waals surface area contributed by atoms with E-state index in [0.29, 0.717) is 24.0 Å². The number of hydrogen-bond acceptors (Lipinski definition) is 7. The first-order valence-corrected chi connectivity index (χ1v) is 13.1. The van der Waals surface area contributed by atoms with Crippen molar-refractivity contribution in [3.05, 3.63) is 80.8 Å². The van der Waals surface area contributed by atoms with E-state index in [2.05, 4.69) is 12.2 Å². The lowest BCUT2D eigenvalue weighted by Gasteiger charge is -2.39. The van der Waals surface area contributed by atoms with Gasteiger partial charge in [0.2, 0.25) is 0 Å². The van der Waals surface area contributed by atoms with Crippen LogP contribution in [0, 0.1) is 5.92 Å². The number of allylic oxidation sites excluding steroid dienone is 3. The number of ketones is 1. The molecule has 184 valence electrons. The van der Waals surface area contributed by atoms with Gasteiger partial charge in [-0.25, -0.2) is 4.79 Å². The second kappa shape index (κ2) is 11.0. The number of carbonyl (C=O) groups is 3. The molecule has 1 aromatic carbocycles. The number of dihydropyridines is 1. The van der Waals surface area contributed by atoms with Gasteiger partial charge in [0.15, 0.2) is 5.78 Å². The fourth-order valence-corrected chi connectivity index (χ4v) is 5.96. The first-order chi connectivity index (χ1) is 17.0. The van der Waals surface area contributed by atoms with Gasteiger partial charge in [-0.05, 0) is 43.7 Å². The van der Waals surface area contributed by atoms with Gasteiger partial charge in [0.05, 0.1) is 18.8 Å². The van der Waals surface area contributed by atoms with Crippen molar-refractivity contribution in [2.45, 2.75) is 51.9 Å². The third kappa shape index (κ3) is 4.82. The first-order valence-electron chi connectivity index (χ1n) is 12.2. The molecule has 0 fully saturated rings. The zero-order valence-electron chi connectivity index (χ0n) is 20.3. The Hall–Kier alpha value is -3.19. The molecular weight excluding hydrogens is 462 g/mol. The molecule has 2 aliphatic rings. The van der Waals surface area contributed by atoms with Crippen LogP contribution in [0.5, 0.6) is 0 Å². The zero-order chi connectivity index (χ0) is 24.9. The number of nitrogens with one attached hydrogen (secondary N) is 1. The SMILES string of the molecule is CCCC1=C(C(=O)OCC)[C@H](c2ccccc2)C2=C(C[C@@H](c3cccs3)[C@@H](C(=O)OCC)C2=O)N1.